The summed E-state index contributed by atoms with van der Waals surface area (Å²) in [4.78, 5) is 10.9. The van der Waals surface area contributed by atoms with Crippen molar-refractivity contribution in [3.05, 3.63) is 60.8 Å². The summed E-state index contributed by atoms with van der Waals surface area (Å²) in [6, 6.07) is 0. The van der Waals surface area contributed by atoms with Crippen molar-refractivity contribution in [1.29, 1.82) is 0 Å². The normalized spacial score (nSPS) is 16.3. The molecule has 146 valence electrons. The highest BCUT2D eigenvalue weighted by Gasteiger charge is 2.03. The molecule has 0 spiro atoms. The van der Waals surface area contributed by atoms with E-state index >= 15 is 0 Å². The van der Waals surface area contributed by atoms with Crippen LogP contribution in [-0.2, 0) is 9.53 Å². The fraction of sp³-hybridized carbons (Fsp3) is 0.476. The minimum Gasteiger partial charge on any atom is -0.469 e. The molecule has 0 aliphatic carbocycles. The molecule has 5 nitrogen and oxygen atoms in total. The van der Waals surface area contributed by atoms with Crippen LogP contribution in [0, 0.1) is 0 Å². The van der Waals surface area contributed by atoms with E-state index in [4.69, 9.17) is 0 Å². The van der Waals surface area contributed by atoms with Gasteiger partial charge < -0.3 is 20.1 Å². The van der Waals surface area contributed by atoms with Crippen LogP contribution in [0.25, 0.3) is 0 Å². The number of ether oxygens (including phenoxy) is 1. The van der Waals surface area contributed by atoms with Gasteiger partial charge in [-0.05, 0) is 25.7 Å². The highest BCUT2D eigenvalue weighted by atomic mass is 16.5. The van der Waals surface area contributed by atoms with Gasteiger partial charge in [0.25, 0.3) is 0 Å². The van der Waals surface area contributed by atoms with Gasteiger partial charge in [0.1, 0.15) is 0 Å². The Morgan fingerprint density at radius 1 is 0.885 bits per heavy atom. The van der Waals surface area contributed by atoms with E-state index in [1.807, 2.05) is 13.0 Å². The van der Waals surface area contributed by atoms with Crippen LogP contribution in [0.5, 0.6) is 0 Å². The molecule has 3 N–H and O–H groups in total. The Morgan fingerprint density at radius 3 is 2.08 bits per heavy atom. The molecule has 0 aliphatic heterocycles. The highest BCUT2D eigenvalue weighted by Crippen LogP contribution is 2.03. The van der Waals surface area contributed by atoms with Crippen LogP contribution >= 0.6 is 0 Å². The molecule has 0 saturated heterocycles. The van der Waals surface area contributed by atoms with Crippen LogP contribution in [0.1, 0.15) is 39.0 Å². The van der Waals surface area contributed by atoms with Crippen LogP contribution in [0.4, 0.5) is 0 Å². The monoisotopic (exact) mass is 364 g/mol. The molecule has 0 aliphatic rings. The quantitative estimate of drug-likeness (QED) is 0.345. The first kappa shape index (κ1) is 24.1. The van der Waals surface area contributed by atoms with Crippen molar-refractivity contribution in [2.75, 3.05) is 7.11 Å². The summed E-state index contributed by atoms with van der Waals surface area (Å²) >= 11 is 0. The summed E-state index contributed by atoms with van der Waals surface area (Å²) < 4.78 is 4.53. The Balaban J connectivity index is 3.95. The predicted octanol–water partition coefficient (Wildman–Crippen LogP) is 2.99. The number of hydrogen-bond donors (Lipinski definition) is 3. The van der Waals surface area contributed by atoms with Gasteiger partial charge >= 0.3 is 5.97 Å². The Morgan fingerprint density at radius 2 is 1.46 bits per heavy atom. The number of esters is 1. The molecule has 0 radical (unpaired) electrons. The SMILES string of the molecule is CCC(O)/C=C/C=C/CC(O)/C=C/C=C/C=C/C(O)CCCC(=O)OC. The minimum atomic E-state index is -0.594. The van der Waals surface area contributed by atoms with Crippen LogP contribution in [0.2, 0.25) is 0 Å². The molecule has 0 aromatic carbocycles. The highest BCUT2D eigenvalue weighted by molar-refractivity contribution is 5.68. The standard InChI is InChI=1S/C21H32O5/c1-3-18(22)12-9-6-10-15-19(23)13-7-4-5-8-14-20(24)16-11-17-21(25)26-2/h4-10,12-14,18-20,22-24H,3,11,15-17H2,1-2H3/b5-4+,10-6+,12-9+,13-7+,14-8+. The zero-order chi connectivity index (χ0) is 19.6. The van der Waals surface area contributed by atoms with Crippen molar-refractivity contribution in [2.24, 2.45) is 0 Å². The molecular weight excluding hydrogens is 332 g/mol. The van der Waals surface area contributed by atoms with Crippen LogP contribution in [-0.4, -0.2) is 46.7 Å². The zero-order valence-corrected chi connectivity index (χ0v) is 15.7. The van der Waals surface area contributed by atoms with Gasteiger partial charge in [0.15, 0.2) is 0 Å². The molecule has 0 aromatic heterocycles. The minimum absolute atomic E-state index is 0.269. The molecule has 0 rings (SSSR count). The molecule has 3 atom stereocenters. The summed E-state index contributed by atoms with van der Waals surface area (Å²) in [5.74, 6) is -0.269. The van der Waals surface area contributed by atoms with E-state index in [2.05, 4.69) is 4.74 Å². The Kier molecular flexibility index (Phi) is 15.3. The number of rotatable bonds is 13. The van der Waals surface area contributed by atoms with E-state index in [-0.39, 0.29) is 5.97 Å². The number of methoxy groups -OCH3 is 1. The molecule has 0 bridgehead atoms. The first-order chi connectivity index (χ1) is 12.5. The van der Waals surface area contributed by atoms with Gasteiger partial charge in [-0.3, -0.25) is 4.79 Å². The van der Waals surface area contributed by atoms with Gasteiger partial charge in [0.05, 0.1) is 25.4 Å². The lowest BCUT2D eigenvalue weighted by Gasteiger charge is -2.03. The molecule has 0 heterocycles. The lowest BCUT2D eigenvalue weighted by Crippen LogP contribution is -2.05. The summed E-state index contributed by atoms with van der Waals surface area (Å²) in [7, 11) is 1.35. The first-order valence-electron chi connectivity index (χ1n) is 8.95. The summed E-state index contributed by atoms with van der Waals surface area (Å²) in [5.41, 5.74) is 0. The lowest BCUT2D eigenvalue weighted by atomic mass is 10.1. The van der Waals surface area contributed by atoms with Gasteiger partial charge in [-0.15, -0.1) is 0 Å². The van der Waals surface area contributed by atoms with E-state index in [1.54, 1.807) is 54.7 Å². The number of aliphatic hydroxyl groups is 3. The largest absolute Gasteiger partial charge is 0.469 e. The van der Waals surface area contributed by atoms with Gasteiger partial charge in [-0.1, -0.05) is 67.7 Å². The maximum atomic E-state index is 10.9. The second kappa shape index (κ2) is 16.5. The van der Waals surface area contributed by atoms with Crippen molar-refractivity contribution in [1.82, 2.24) is 0 Å². The zero-order valence-electron chi connectivity index (χ0n) is 15.7. The van der Waals surface area contributed by atoms with E-state index in [9.17, 15) is 20.1 Å². The fourth-order valence-corrected chi connectivity index (χ4v) is 1.87. The number of aliphatic hydroxyl groups excluding tert-OH is 3. The predicted molar refractivity (Wildman–Crippen MR) is 104 cm³/mol. The molecule has 26 heavy (non-hydrogen) atoms. The van der Waals surface area contributed by atoms with Gasteiger partial charge in [-0.2, -0.15) is 0 Å². The number of allylic oxidation sites excluding steroid dienone is 6. The van der Waals surface area contributed by atoms with Crippen molar-refractivity contribution in [2.45, 2.75) is 57.3 Å². The maximum Gasteiger partial charge on any atom is 0.305 e. The van der Waals surface area contributed by atoms with Crippen LogP contribution < -0.4 is 0 Å². The van der Waals surface area contributed by atoms with Crippen LogP contribution in [0.3, 0.4) is 0 Å². The second-order valence-electron chi connectivity index (χ2n) is 5.78. The molecule has 0 saturated carbocycles. The van der Waals surface area contributed by atoms with E-state index in [1.165, 1.54) is 7.11 Å². The van der Waals surface area contributed by atoms with Gasteiger partial charge in [-0.25, -0.2) is 0 Å². The Bertz CT molecular complexity index is 503. The van der Waals surface area contributed by atoms with E-state index in [0.29, 0.717) is 32.1 Å². The number of carbonyl (C=O) groups excluding carboxylic acids is 1. The topological polar surface area (TPSA) is 87.0 Å². The molecule has 5 heteroatoms. The molecular formula is C21H32O5. The van der Waals surface area contributed by atoms with E-state index in [0.717, 1.165) is 0 Å². The summed E-state index contributed by atoms with van der Waals surface area (Å²) in [6.07, 6.45) is 18.4. The van der Waals surface area contributed by atoms with Gasteiger partial charge in [0.2, 0.25) is 0 Å². The second-order valence-corrected chi connectivity index (χ2v) is 5.78. The summed E-state index contributed by atoms with van der Waals surface area (Å²) in [6.45, 7) is 1.90. The summed E-state index contributed by atoms with van der Waals surface area (Å²) in [5, 5.41) is 28.8. The third-order valence-corrected chi connectivity index (χ3v) is 3.48. The number of hydrogen-bond acceptors (Lipinski definition) is 5. The molecule has 0 fully saturated rings. The molecule has 0 aromatic rings. The van der Waals surface area contributed by atoms with Crippen molar-refractivity contribution < 1.29 is 24.9 Å². The smallest absolute Gasteiger partial charge is 0.305 e. The third kappa shape index (κ3) is 15.6. The van der Waals surface area contributed by atoms with E-state index < -0.39 is 18.3 Å². The third-order valence-electron chi connectivity index (χ3n) is 3.48. The van der Waals surface area contributed by atoms with Crippen molar-refractivity contribution in [3.8, 4) is 0 Å². The van der Waals surface area contributed by atoms with Gasteiger partial charge in [0, 0.05) is 6.42 Å². The lowest BCUT2D eigenvalue weighted by molar-refractivity contribution is -0.140. The molecule has 3 unspecified atom stereocenters. The Labute approximate surface area is 156 Å². The molecule has 0 amide bonds. The first-order valence-corrected chi connectivity index (χ1v) is 8.95. The average Bonchev–Trinajstić information content (AvgIpc) is 2.63. The van der Waals surface area contributed by atoms with Crippen molar-refractivity contribution >= 4 is 5.97 Å². The fourth-order valence-electron chi connectivity index (χ4n) is 1.87. The average molecular weight is 364 g/mol. The Hall–Kier alpha value is -1.95. The van der Waals surface area contributed by atoms with Crippen LogP contribution in [0.15, 0.2) is 60.8 Å². The van der Waals surface area contributed by atoms with Crippen molar-refractivity contribution in [3.63, 3.8) is 0 Å². The maximum absolute atomic E-state index is 10.9. The number of carbonyl (C=O) groups is 1.